The van der Waals surface area contributed by atoms with Crippen molar-refractivity contribution in [3.63, 3.8) is 0 Å². The van der Waals surface area contributed by atoms with Gasteiger partial charge in [0.15, 0.2) is 6.54 Å². The highest BCUT2D eigenvalue weighted by Gasteiger charge is 2.33. The lowest BCUT2D eigenvalue weighted by molar-refractivity contribution is -0.639. The van der Waals surface area contributed by atoms with Gasteiger partial charge in [0, 0.05) is 29.5 Å². The maximum Gasteiger partial charge on any atom is 0.283 e. The minimum Gasteiger partial charge on any atom is -0.264 e. The molecule has 0 unspecified atom stereocenters. The first-order valence-electron chi connectivity index (χ1n) is 6.05. The Morgan fingerprint density at radius 3 is 3.16 bits per heavy atom. The highest BCUT2D eigenvalue weighted by molar-refractivity contribution is 7.32. The molecule has 0 bridgehead atoms. The number of fused-ring (bicyclic) bond motifs is 7. The van der Waals surface area contributed by atoms with Crippen LogP contribution in [0.15, 0.2) is 36.8 Å². The van der Waals surface area contributed by atoms with Crippen molar-refractivity contribution < 1.29 is 4.57 Å². The van der Waals surface area contributed by atoms with Gasteiger partial charge in [-0.25, -0.2) is 4.98 Å². The van der Waals surface area contributed by atoms with Gasteiger partial charge in [0.25, 0.3) is 9.84 Å². The number of nitrogens with zero attached hydrogens (tertiary/aromatic N) is 3. The summed E-state index contributed by atoms with van der Waals surface area (Å²) in [6, 6.07) is 6.30. The molecule has 3 nitrogen and oxygen atoms in total. The van der Waals surface area contributed by atoms with E-state index in [4.69, 9.17) is 0 Å². The monoisotopic (exact) mass is 282 g/mol. The zero-order chi connectivity index (χ0) is 12.4. The third-order valence-corrected chi connectivity index (χ3v) is 6.08. The number of hydrogen-bond donors (Lipinski definition) is 0. The molecule has 4 aromatic rings. The molecule has 5 heteroatoms. The molecule has 0 spiro atoms. The summed E-state index contributed by atoms with van der Waals surface area (Å²) >= 11 is 3.64. The minimum atomic E-state index is 0.958. The molecular formula is C14H8N3S2+. The molecule has 1 aliphatic rings. The molecule has 4 aromatic heterocycles. The standard InChI is InChI=1S/C14H8N3S2/c1-2-9-11-14(19-12(9)16-4-1)17-7-8-3-5-15-6-10(8)13(17)18-11/h1-6H,7H2/q+1. The van der Waals surface area contributed by atoms with Gasteiger partial charge in [0.2, 0.25) is 0 Å². The number of rotatable bonds is 0. The van der Waals surface area contributed by atoms with Gasteiger partial charge in [-0.05, 0) is 29.5 Å². The number of thiazole rings is 1. The van der Waals surface area contributed by atoms with Crippen molar-refractivity contribution in [3.8, 4) is 10.6 Å². The van der Waals surface area contributed by atoms with Crippen molar-refractivity contribution in [2.45, 2.75) is 6.54 Å². The van der Waals surface area contributed by atoms with E-state index in [2.05, 4.69) is 26.7 Å². The quantitative estimate of drug-likeness (QED) is 0.408. The van der Waals surface area contributed by atoms with E-state index in [0.717, 1.165) is 11.4 Å². The second-order valence-corrected chi connectivity index (χ2v) is 6.60. The Balaban J connectivity index is 1.93. The first kappa shape index (κ1) is 10.00. The van der Waals surface area contributed by atoms with Gasteiger partial charge in [0.05, 0.1) is 5.56 Å². The molecule has 0 saturated heterocycles. The molecule has 0 radical (unpaired) electrons. The lowest BCUT2D eigenvalue weighted by atomic mass is 10.2. The van der Waals surface area contributed by atoms with Gasteiger partial charge in [0.1, 0.15) is 9.53 Å². The smallest absolute Gasteiger partial charge is 0.264 e. The van der Waals surface area contributed by atoms with Crippen LogP contribution in [0.1, 0.15) is 5.56 Å². The summed E-state index contributed by atoms with van der Waals surface area (Å²) in [5.74, 6) is 0. The Bertz CT molecular complexity index is 952. The van der Waals surface area contributed by atoms with Crippen molar-refractivity contribution in [1.29, 1.82) is 0 Å². The van der Waals surface area contributed by atoms with E-state index in [-0.39, 0.29) is 0 Å². The van der Waals surface area contributed by atoms with Crippen LogP contribution in [0.2, 0.25) is 0 Å². The summed E-state index contributed by atoms with van der Waals surface area (Å²) in [4.78, 5) is 11.2. The number of thiophene rings is 1. The molecule has 90 valence electrons. The van der Waals surface area contributed by atoms with E-state index < -0.39 is 0 Å². The zero-order valence-corrected chi connectivity index (χ0v) is 11.5. The first-order chi connectivity index (χ1) is 9.42. The van der Waals surface area contributed by atoms with Crippen LogP contribution in [-0.2, 0) is 6.54 Å². The van der Waals surface area contributed by atoms with Crippen molar-refractivity contribution in [1.82, 2.24) is 9.97 Å². The van der Waals surface area contributed by atoms with Crippen LogP contribution in [-0.4, -0.2) is 9.97 Å². The summed E-state index contributed by atoms with van der Waals surface area (Å²) < 4.78 is 3.76. The molecule has 1 aliphatic heterocycles. The van der Waals surface area contributed by atoms with Crippen LogP contribution >= 0.6 is 22.7 Å². The average molecular weight is 282 g/mol. The molecule has 0 fully saturated rings. The summed E-state index contributed by atoms with van der Waals surface area (Å²) in [7, 11) is 0. The van der Waals surface area contributed by atoms with Crippen LogP contribution in [0.25, 0.3) is 30.3 Å². The van der Waals surface area contributed by atoms with E-state index >= 15 is 0 Å². The van der Waals surface area contributed by atoms with Gasteiger partial charge in [-0.2, -0.15) is 4.57 Å². The second-order valence-electron chi connectivity index (χ2n) is 4.62. The van der Waals surface area contributed by atoms with E-state index in [0.29, 0.717) is 0 Å². The third kappa shape index (κ3) is 1.19. The van der Waals surface area contributed by atoms with Gasteiger partial charge in [-0.3, -0.25) is 4.98 Å². The highest BCUT2D eigenvalue weighted by Crippen LogP contribution is 2.41. The summed E-state index contributed by atoms with van der Waals surface area (Å²) in [6.07, 6.45) is 5.72. The zero-order valence-electron chi connectivity index (χ0n) is 9.83. The summed E-state index contributed by atoms with van der Waals surface area (Å²) in [6.45, 7) is 0.958. The molecule has 19 heavy (non-hydrogen) atoms. The van der Waals surface area contributed by atoms with E-state index in [1.165, 1.54) is 31.1 Å². The molecule has 0 atom stereocenters. The minimum absolute atomic E-state index is 0.958. The molecule has 5 heterocycles. The van der Waals surface area contributed by atoms with Crippen molar-refractivity contribution in [3.05, 3.63) is 42.4 Å². The predicted molar refractivity (Wildman–Crippen MR) is 77.5 cm³/mol. The molecular weight excluding hydrogens is 274 g/mol. The average Bonchev–Trinajstić information content (AvgIpc) is 3.07. The summed E-state index contributed by atoms with van der Waals surface area (Å²) in [5, 5.41) is 2.61. The largest absolute Gasteiger partial charge is 0.283 e. The fourth-order valence-electron chi connectivity index (χ4n) is 2.69. The Labute approximate surface area is 116 Å². The molecule has 0 amide bonds. The first-order valence-corrected chi connectivity index (χ1v) is 7.68. The van der Waals surface area contributed by atoms with Gasteiger partial charge in [-0.15, -0.1) is 0 Å². The lowest BCUT2D eigenvalue weighted by Crippen LogP contribution is -2.29. The van der Waals surface area contributed by atoms with Crippen molar-refractivity contribution in [2.24, 2.45) is 0 Å². The number of pyridine rings is 2. The molecule has 0 saturated carbocycles. The SMILES string of the molecule is c1cnc2sc3c(sc4[n+]3Cc3ccncc3-4)c2c1. The normalized spacial score (nSPS) is 13.1. The lowest BCUT2D eigenvalue weighted by Gasteiger charge is -1.89. The van der Waals surface area contributed by atoms with Crippen molar-refractivity contribution in [2.75, 3.05) is 0 Å². The third-order valence-electron chi connectivity index (χ3n) is 3.56. The maximum absolute atomic E-state index is 4.46. The van der Waals surface area contributed by atoms with Gasteiger partial charge in [-0.1, -0.05) is 11.3 Å². The van der Waals surface area contributed by atoms with Crippen molar-refractivity contribution >= 4 is 42.4 Å². The van der Waals surface area contributed by atoms with E-state index in [9.17, 15) is 0 Å². The molecule has 5 rings (SSSR count). The molecule has 0 N–H and O–H groups in total. The van der Waals surface area contributed by atoms with Gasteiger partial charge < -0.3 is 0 Å². The Morgan fingerprint density at radius 1 is 1.16 bits per heavy atom. The fourth-order valence-corrected chi connectivity index (χ4v) is 5.33. The Kier molecular flexibility index (Phi) is 1.78. The van der Waals surface area contributed by atoms with Crippen LogP contribution in [0, 0.1) is 0 Å². The fraction of sp³-hybridized carbons (Fsp3) is 0.0714. The Hall–Kier alpha value is -1.85. The van der Waals surface area contributed by atoms with Gasteiger partial charge >= 0.3 is 0 Å². The second kappa shape index (κ2) is 3.37. The van der Waals surface area contributed by atoms with E-state index in [1.54, 1.807) is 11.3 Å². The number of hydrogen-bond acceptors (Lipinski definition) is 4. The number of aromatic nitrogens is 3. The predicted octanol–water partition coefficient (Wildman–Crippen LogP) is 3.22. The molecule has 0 aliphatic carbocycles. The molecule has 0 aromatic carbocycles. The maximum atomic E-state index is 4.46. The summed E-state index contributed by atoms with van der Waals surface area (Å²) in [5.41, 5.74) is 2.65. The van der Waals surface area contributed by atoms with Crippen LogP contribution < -0.4 is 4.57 Å². The van der Waals surface area contributed by atoms with Crippen LogP contribution in [0.5, 0.6) is 0 Å². The van der Waals surface area contributed by atoms with Crippen LogP contribution in [0.4, 0.5) is 0 Å². The topological polar surface area (TPSA) is 29.7 Å². The van der Waals surface area contributed by atoms with Crippen LogP contribution in [0.3, 0.4) is 0 Å². The Morgan fingerprint density at radius 2 is 2.16 bits per heavy atom. The highest BCUT2D eigenvalue weighted by atomic mass is 32.1. The van der Waals surface area contributed by atoms with E-state index in [1.807, 2.05) is 36.0 Å².